The maximum Gasteiger partial charge on any atom is 0.126 e. The Hall–Kier alpha value is -1.90. The summed E-state index contributed by atoms with van der Waals surface area (Å²) in [5.74, 6) is 0. The van der Waals surface area contributed by atoms with Crippen LogP contribution in [0.5, 0.6) is 0 Å². The highest BCUT2D eigenvalue weighted by Crippen LogP contribution is 2.53. The molecule has 2 heteroatoms. The van der Waals surface area contributed by atoms with Gasteiger partial charge in [-0.3, -0.25) is 0 Å². The largest absolute Gasteiger partial charge is 0.381 e. The van der Waals surface area contributed by atoms with E-state index in [-0.39, 0.29) is 0 Å². The molecule has 0 heterocycles. The van der Waals surface area contributed by atoms with Crippen LogP contribution in [-0.4, -0.2) is 10.2 Å². The van der Waals surface area contributed by atoms with E-state index in [0.29, 0.717) is 12.8 Å². The van der Waals surface area contributed by atoms with E-state index in [1.165, 1.54) is 0 Å². The van der Waals surface area contributed by atoms with Crippen molar-refractivity contribution in [3.63, 3.8) is 0 Å². The maximum atomic E-state index is 11.2. The van der Waals surface area contributed by atoms with E-state index in [1.54, 1.807) is 0 Å². The number of hydrogen-bond donors (Lipinski definition) is 2. The minimum atomic E-state index is -1.33. The zero-order valence-electron chi connectivity index (χ0n) is 11.3. The zero-order valence-corrected chi connectivity index (χ0v) is 11.3. The maximum absolute atomic E-state index is 11.2. The summed E-state index contributed by atoms with van der Waals surface area (Å²) in [7, 11) is 0. The standard InChI is InChI=1S/C18H18O2/c1-14-12-17(19,15-8-4-2-5-9-15)18(20,13-14)16-10-6-3-7-11-16/h2-11,19-20H,1,12-13H2/t17-,18-/m1/s1. The van der Waals surface area contributed by atoms with E-state index in [9.17, 15) is 10.2 Å². The molecule has 0 amide bonds. The molecule has 2 aromatic rings. The summed E-state index contributed by atoms with van der Waals surface area (Å²) < 4.78 is 0. The monoisotopic (exact) mass is 266 g/mol. The lowest BCUT2D eigenvalue weighted by Gasteiger charge is -2.38. The zero-order chi connectivity index (χ0) is 14.2. The third kappa shape index (κ3) is 1.80. The Morgan fingerprint density at radius 2 is 1.05 bits per heavy atom. The average molecular weight is 266 g/mol. The summed E-state index contributed by atoms with van der Waals surface area (Å²) in [5.41, 5.74) is -0.336. The molecule has 0 unspecified atom stereocenters. The topological polar surface area (TPSA) is 40.5 Å². The van der Waals surface area contributed by atoms with Crippen molar-refractivity contribution < 1.29 is 10.2 Å². The minimum Gasteiger partial charge on any atom is -0.381 e. The molecule has 1 saturated carbocycles. The normalized spacial score (nSPS) is 29.6. The molecule has 1 fully saturated rings. The van der Waals surface area contributed by atoms with Crippen molar-refractivity contribution in [1.29, 1.82) is 0 Å². The quantitative estimate of drug-likeness (QED) is 0.820. The van der Waals surface area contributed by atoms with Gasteiger partial charge in [-0.15, -0.1) is 0 Å². The summed E-state index contributed by atoms with van der Waals surface area (Å²) in [6, 6.07) is 18.7. The highest BCUT2D eigenvalue weighted by atomic mass is 16.4. The number of aliphatic hydroxyl groups is 2. The average Bonchev–Trinajstić information content (AvgIpc) is 2.72. The van der Waals surface area contributed by atoms with Crippen molar-refractivity contribution in [2.45, 2.75) is 24.0 Å². The number of rotatable bonds is 2. The molecule has 2 aromatic carbocycles. The van der Waals surface area contributed by atoms with Crippen molar-refractivity contribution in [2.75, 3.05) is 0 Å². The molecule has 1 aliphatic rings. The molecule has 0 aromatic heterocycles. The molecule has 102 valence electrons. The van der Waals surface area contributed by atoms with E-state index in [1.807, 2.05) is 60.7 Å². The van der Waals surface area contributed by atoms with Crippen LogP contribution in [0, 0.1) is 0 Å². The first-order chi connectivity index (χ1) is 9.56. The lowest BCUT2D eigenvalue weighted by Crippen LogP contribution is -2.45. The van der Waals surface area contributed by atoms with Crippen molar-refractivity contribution in [2.24, 2.45) is 0 Å². The van der Waals surface area contributed by atoms with Gasteiger partial charge < -0.3 is 10.2 Å². The Labute approximate surface area is 119 Å². The van der Waals surface area contributed by atoms with E-state index in [4.69, 9.17) is 0 Å². The van der Waals surface area contributed by atoms with Crippen LogP contribution in [0.15, 0.2) is 72.8 Å². The fraction of sp³-hybridized carbons (Fsp3) is 0.222. The van der Waals surface area contributed by atoms with Gasteiger partial charge in [0.2, 0.25) is 0 Å². The molecule has 1 aliphatic carbocycles. The van der Waals surface area contributed by atoms with Gasteiger partial charge in [-0.05, 0) is 11.1 Å². The molecule has 2 atom stereocenters. The van der Waals surface area contributed by atoms with E-state index in [2.05, 4.69) is 6.58 Å². The Bertz CT molecular complexity index is 565. The SMILES string of the molecule is C=C1C[C@@](O)(c2ccccc2)[C@](O)(c2ccccc2)C1. The Balaban J connectivity index is 2.16. The van der Waals surface area contributed by atoms with Crippen LogP contribution in [-0.2, 0) is 11.2 Å². The highest BCUT2D eigenvalue weighted by molar-refractivity contribution is 5.40. The van der Waals surface area contributed by atoms with Gasteiger partial charge in [0.1, 0.15) is 11.2 Å². The van der Waals surface area contributed by atoms with Gasteiger partial charge in [0.25, 0.3) is 0 Å². The van der Waals surface area contributed by atoms with E-state index >= 15 is 0 Å². The molecule has 0 saturated heterocycles. The summed E-state index contributed by atoms with van der Waals surface area (Å²) >= 11 is 0. The smallest absolute Gasteiger partial charge is 0.126 e. The van der Waals surface area contributed by atoms with Gasteiger partial charge in [-0.2, -0.15) is 0 Å². The van der Waals surface area contributed by atoms with Gasteiger partial charge >= 0.3 is 0 Å². The molecule has 0 spiro atoms. The molecular formula is C18H18O2. The van der Waals surface area contributed by atoms with Crippen LogP contribution < -0.4 is 0 Å². The highest BCUT2D eigenvalue weighted by Gasteiger charge is 2.56. The van der Waals surface area contributed by atoms with Crippen LogP contribution in [0.4, 0.5) is 0 Å². The van der Waals surface area contributed by atoms with Gasteiger partial charge in [0, 0.05) is 12.8 Å². The molecule has 2 N–H and O–H groups in total. The Morgan fingerprint density at radius 3 is 1.40 bits per heavy atom. The third-order valence-electron chi connectivity index (χ3n) is 4.20. The molecule has 2 nitrogen and oxygen atoms in total. The summed E-state index contributed by atoms with van der Waals surface area (Å²) in [6.07, 6.45) is 0.755. The van der Waals surface area contributed by atoms with Crippen molar-refractivity contribution in [1.82, 2.24) is 0 Å². The first kappa shape index (κ1) is 13.1. The lowest BCUT2D eigenvalue weighted by atomic mass is 9.76. The van der Waals surface area contributed by atoms with Crippen molar-refractivity contribution in [3.8, 4) is 0 Å². The second-order valence-corrected chi connectivity index (χ2v) is 5.56. The predicted molar refractivity (Wildman–Crippen MR) is 79.1 cm³/mol. The predicted octanol–water partition coefficient (Wildman–Crippen LogP) is 3.11. The molecule has 20 heavy (non-hydrogen) atoms. The second-order valence-electron chi connectivity index (χ2n) is 5.56. The number of benzene rings is 2. The Morgan fingerprint density at radius 1 is 0.700 bits per heavy atom. The van der Waals surface area contributed by atoms with Gasteiger partial charge in [0.15, 0.2) is 0 Å². The molecule has 3 rings (SSSR count). The van der Waals surface area contributed by atoms with Crippen molar-refractivity contribution in [3.05, 3.63) is 83.9 Å². The molecule has 0 bridgehead atoms. The molecular weight excluding hydrogens is 248 g/mol. The van der Waals surface area contributed by atoms with Crippen LogP contribution in [0.3, 0.4) is 0 Å². The summed E-state index contributed by atoms with van der Waals surface area (Å²) in [4.78, 5) is 0. The number of hydrogen-bond acceptors (Lipinski definition) is 2. The first-order valence-electron chi connectivity index (χ1n) is 6.79. The van der Waals surface area contributed by atoms with Gasteiger partial charge in [-0.1, -0.05) is 72.8 Å². The van der Waals surface area contributed by atoms with E-state index < -0.39 is 11.2 Å². The summed E-state index contributed by atoms with van der Waals surface area (Å²) in [6.45, 7) is 3.98. The molecule has 0 radical (unpaired) electrons. The van der Waals surface area contributed by atoms with E-state index in [0.717, 1.165) is 16.7 Å². The van der Waals surface area contributed by atoms with Gasteiger partial charge in [-0.25, -0.2) is 0 Å². The van der Waals surface area contributed by atoms with Crippen LogP contribution in [0.25, 0.3) is 0 Å². The fourth-order valence-electron chi connectivity index (χ4n) is 3.19. The first-order valence-corrected chi connectivity index (χ1v) is 6.79. The van der Waals surface area contributed by atoms with Crippen molar-refractivity contribution >= 4 is 0 Å². The fourth-order valence-corrected chi connectivity index (χ4v) is 3.19. The van der Waals surface area contributed by atoms with Crippen LogP contribution in [0.2, 0.25) is 0 Å². The van der Waals surface area contributed by atoms with Crippen LogP contribution >= 0.6 is 0 Å². The summed E-state index contributed by atoms with van der Waals surface area (Å²) in [5, 5.41) is 22.4. The Kier molecular flexibility index (Phi) is 3.00. The minimum absolute atomic E-state index is 0.377. The second kappa shape index (κ2) is 4.58. The van der Waals surface area contributed by atoms with Gasteiger partial charge in [0.05, 0.1) is 0 Å². The molecule has 0 aliphatic heterocycles. The lowest BCUT2D eigenvalue weighted by molar-refractivity contribution is -0.143. The third-order valence-corrected chi connectivity index (χ3v) is 4.20. The van der Waals surface area contributed by atoms with Crippen LogP contribution in [0.1, 0.15) is 24.0 Å².